The van der Waals surface area contributed by atoms with Crippen molar-refractivity contribution in [3.8, 4) is 0 Å². The minimum atomic E-state index is -0.108. The van der Waals surface area contributed by atoms with Gasteiger partial charge in [-0.1, -0.05) is 26.2 Å². The Hall–Kier alpha value is -0.570. The second kappa shape index (κ2) is 7.66. The van der Waals surface area contributed by atoms with Crippen molar-refractivity contribution >= 4 is 5.97 Å². The summed E-state index contributed by atoms with van der Waals surface area (Å²) in [5, 5.41) is 8.58. The second-order valence-electron chi connectivity index (χ2n) is 4.75. The molecule has 0 radical (unpaired) electrons. The number of rotatable bonds is 6. The molecule has 0 aliphatic heterocycles. The lowest BCUT2D eigenvalue weighted by Crippen LogP contribution is -2.24. The fourth-order valence-corrected chi connectivity index (χ4v) is 2.44. The highest BCUT2D eigenvalue weighted by molar-refractivity contribution is 5.72. The van der Waals surface area contributed by atoms with Gasteiger partial charge in [-0.05, 0) is 31.6 Å². The minimum Gasteiger partial charge on any atom is -0.463 e. The zero-order chi connectivity index (χ0) is 11.8. The molecule has 0 aromatic carbocycles. The predicted molar refractivity (Wildman–Crippen MR) is 63.0 cm³/mol. The maximum Gasteiger partial charge on any atom is 0.309 e. The van der Waals surface area contributed by atoms with E-state index in [2.05, 4.69) is 6.92 Å². The van der Waals surface area contributed by atoms with Gasteiger partial charge in [0.15, 0.2) is 0 Å². The Morgan fingerprint density at radius 2 is 2.00 bits per heavy atom. The van der Waals surface area contributed by atoms with E-state index in [-0.39, 0.29) is 25.1 Å². The first kappa shape index (κ1) is 13.5. The van der Waals surface area contributed by atoms with E-state index in [1.54, 1.807) is 0 Å². The van der Waals surface area contributed by atoms with Crippen LogP contribution in [0.5, 0.6) is 0 Å². The van der Waals surface area contributed by atoms with Crippen molar-refractivity contribution in [2.24, 2.45) is 11.8 Å². The summed E-state index contributed by atoms with van der Waals surface area (Å²) in [5.74, 6) is 0.800. The number of aliphatic hydroxyl groups excluding tert-OH is 1. The Morgan fingerprint density at radius 1 is 1.31 bits per heavy atom. The van der Waals surface area contributed by atoms with Crippen LogP contribution >= 0.6 is 0 Å². The summed E-state index contributed by atoms with van der Waals surface area (Å²) >= 11 is 0. The highest BCUT2D eigenvalue weighted by atomic mass is 16.5. The van der Waals surface area contributed by atoms with Gasteiger partial charge in [0, 0.05) is 0 Å². The van der Waals surface area contributed by atoms with Gasteiger partial charge in [-0.15, -0.1) is 0 Å². The zero-order valence-electron chi connectivity index (χ0n) is 10.3. The van der Waals surface area contributed by atoms with E-state index in [4.69, 9.17) is 9.84 Å². The molecule has 0 amide bonds. The van der Waals surface area contributed by atoms with E-state index in [9.17, 15) is 4.79 Å². The molecule has 0 atom stereocenters. The van der Waals surface area contributed by atoms with Gasteiger partial charge < -0.3 is 9.84 Å². The molecule has 0 aromatic rings. The van der Waals surface area contributed by atoms with Crippen LogP contribution in [0.25, 0.3) is 0 Å². The first-order valence-electron chi connectivity index (χ1n) is 6.55. The monoisotopic (exact) mass is 228 g/mol. The van der Waals surface area contributed by atoms with E-state index in [0.29, 0.717) is 0 Å². The number of unbranched alkanes of at least 4 members (excludes halogenated alkanes) is 1. The maximum absolute atomic E-state index is 11.5. The number of carbonyl (C=O) groups is 1. The van der Waals surface area contributed by atoms with Crippen LogP contribution in [0.4, 0.5) is 0 Å². The van der Waals surface area contributed by atoms with Crippen LogP contribution in [0.3, 0.4) is 0 Å². The predicted octanol–water partition coefficient (Wildman–Crippen LogP) is 2.52. The number of hydrogen-bond donors (Lipinski definition) is 1. The summed E-state index contributed by atoms with van der Waals surface area (Å²) in [6.45, 7) is 2.30. The van der Waals surface area contributed by atoms with Gasteiger partial charge >= 0.3 is 5.97 Å². The fraction of sp³-hybridized carbons (Fsp3) is 0.923. The summed E-state index contributed by atoms with van der Waals surface area (Å²) in [6.07, 6.45) is 8.16. The SMILES string of the molecule is CCCCC1CCC(C(=O)OCCO)CC1. The van der Waals surface area contributed by atoms with E-state index in [1.165, 1.54) is 32.1 Å². The smallest absolute Gasteiger partial charge is 0.309 e. The Bertz CT molecular complexity index is 195. The maximum atomic E-state index is 11.5. The van der Waals surface area contributed by atoms with E-state index >= 15 is 0 Å². The molecule has 1 aliphatic carbocycles. The molecular weight excluding hydrogens is 204 g/mol. The summed E-state index contributed by atoms with van der Waals surface area (Å²) in [6, 6.07) is 0. The highest BCUT2D eigenvalue weighted by Crippen LogP contribution is 2.32. The van der Waals surface area contributed by atoms with Crippen LogP contribution < -0.4 is 0 Å². The van der Waals surface area contributed by atoms with Gasteiger partial charge in [0.1, 0.15) is 6.61 Å². The summed E-state index contributed by atoms with van der Waals surface area (Å²) < 4.78 is 4.96. The summed E-state index contributed by atoms with van der Waals surface area (Å²) in [7, 11) is 0. The fourth-order valence-electron chi connectivity index (χ4n) is 2.44. The molecule has 1 saturated carbocycles. The molecule has 3 heteroatoms. The number of aliphatic hydroxyl groups is 1. The normalized spacial score (nSPS) is 25.4. The topological polar surface area (TPSA) is 46.5 Å². The van der Waals surface area contributed by atoms with Crippen LogP contribution in [0, 0.1) is 11.8 Å². The molecule has 0 bridgehead atoms. The number of carbonyl (C=O) groups excluding carboxylic acids is 1. The molecule has 1 aliphatic rings. The number of ether oxygens (including phenoxy) is 1. The standard InChI is InChI=1S/C13H24O3/c1-2-3-4-11-5-7-12(8-6-11)13(15)16-10-9-14/h11-12,14H,2-10H2,1H3. The van der Waals surface area contributed by atoms with Crippen molar-refractivity contribution < 1.29 is 14.6 Å². The molecule has 16 heavy (non-hydrogen) atoms. The van der Waals surface area contributed by atoms with Crippen molar-refractivity contribution in [1.82, 2.24) is 0 Å². The van der Waals surface area contributed by atoms with Gasteiger partial charge in [0.25, 0.3) is 0 Å². The van der Waals surface area contributed by atoms with Crippen LogP contribution in [0.15, 0.2) is 0 Å². The van der Waals surface area contributed by atoms with Gasteiger partial charge in [-0.25, -0.2) is 0 Å². The number of hydrogen-bond acceptors (Lipinski definition) is 3. The Balaban J connectivity index is 2.18. The van der Waals surface area contributed by atoms with Crippen molar-refractivity contribution in [3.05, 3.63) is 0 Å². The van der Waals surface area contributed by atoms with Crippen LogP contribution in [-0.4, -0.2) is 24.3 Å². The van der Waals surface area contributed by atoms with Gasteiger partial charge in [-0.3, -0.25) is 4.79 Å². The Morgan fingerprint density at radius 3 is 2.56 bits per heavy atom. The number of esters is 1. The molecule has 0 spiro atoms. The van der Waals surface area contributed by atoms with Crippen molar-refractivity contribution in [1.29, 1.82) is 0 Å². The molecule has 0 unspecified atom stereocenters. The van der Waals surface area contributed by atoms with Crippen LogP contribution in [0.2, 0.25) is 0 Å². The Kier molecular flexibility index (Phi) is 6.46. The summed E-state index contributed by atoms with van der Waals surface area (Å²) in [4.78, 5) is 11.5. The lowest BCUT2D eigenvalue weighted by Gasteiger charge is -2.27. The summed E-state index contributed by atoms with van der Waals surface area (Å²) in [5.41, 5.74) is 0. The van der Waals surface area contributed by atoms with E-state index < -0.39 is 0 Å². The first-order chi connectivity index (χ1) is 7.77. The third kappa shape index (κ3) is 4.52. The Labute approximate surface area is 98.2 Å². The zero-order valence-corrected chi connectivity index (χ0v) is 10.3. The third-order valence-electron chi connectivity index (χ3n) is 3.48. The average molecular weight is 228 g/mol. The molecule has 0 saturated heterocycles. The quantitative estimate of drug-likeness (QED) is 0.711. The minimum absolute atomic E-state index is 0.0718. The lowest BCUT2D eigenvalue weighted by molar-refractivity contribution is -0.151. The molecule has 94 valence electrons. The van der Waals surface area contributed by atoms with Gasteiger partial charge in [0.2, 0.25) is 0 Å². The molecule has 3 nitrogen and oxygen atoms in total. The van der Waals surface area contributed by atoms with E-state index in [1.807, 2.05) is 0 Å². The first-order valence-corrected chi connectivity index (χ1v) is 6.55. The van der Waals surface area contributed by atoms with Crippen LogP contribution in [-0.2, 0) is 9.53 Å². The van der Waals surface area contributed by atoms with Crippen molar-refractivity contribution in [3.63, 3.8) is 0 Å². The third-order valence-corrected chi connectivity index (χ3v) is 3.48. The highest BCUT2D eigenvalue weighted by Gasteiger charge is 2.26. The molecule has 1 rings (SSSR count). The molecule has 0 aromatic heterocycles. The van der Waals surface area contributed by atoms with Crippen molar-refractivity contribution in [2.75, 3.05) is 13.2 Å². The van der Waals surface area contributed by atoms with E-state index in [0.717, 1.165) is 18.8 Å². The molecule has 1 N–H and O–H groups in total. The molecule has 0 heterocycles. The van der Waals surface area contributed by atoms with Gasteiger partial charge in [0.05, 0.1) is 12.5 Å². The average Bonchev–Trinajstić information content (AvgIpc) is 2.34. The molecule has 1 fully saturated rings. The lowest BCUT2D eigenvalue weighted by atomic mass is 9.80. The molecular formula is C13H24O3. The largest absolute Gasteiger partial charge is 0.463 e. The van der Waals surface area contributed by atoms with Gasteiger partial charge in [-0.2, -0.15) is 0 Å². The van der Waals surface area contributed by atoms with Crippen molar-refractivity contribution in [2.45, 2.75) is 51.9 Å². The second-order valence-corrected chi connectivity index (χ2v) is 4.75. The van der Waals surface area contributed by atoms with Crippen LogP contribution in [0.1, 0.15) is 51.9 Å².